The van der Waals surface area contributed by atoms with Crippen LogP contribution in [0.25, 0.3) is 0 Å². The molecular weight excluding hydrogens is 461 g/mol. The fourth-order valence-corrected chi connectivity index (χ4v) is 4.76. The third-order valence-electron chi connectivity index (χ3n) is 6.16. The summed E-state index contributed by atoms with van der Waals surface area (Å²) in [6.45, 7) is 3.37. The molecule has 2 aromatic carbocycles. The van der Waals surface area contributed by atoms with E-state index >= 15 is 0 Å². The standard InChI is InChI=1S/C25H33Cl2N3O3/c1-29(8-4-6-17-12-20(26)25(28)21(27)13-17)9-5-10-30-11-7-18-14-22(32-2)23(33-3)15-19(18)16-24(30)31/h12-15H,4-11,16,28H2,1-3H3. The summed E-state index contributed by atoms with van der Waals surface area (Å²) in [5.41, 5.74) is 9.51. The van der Waals surface area contributed by atoms with Crippen molar-refractivity contribution in [3.05, 3.63) is 51.0 Å². The quantitative estimate of drug-likeness (QED) is 0.494. The lowest BCUT2D eigenvalue weighted by Gasteiger charge is -2.23. The molecule has 1 heterocycles. The Morgan fingerprint density at radius 2 is 1.61 bits per heavy atom. The maximum absolute atomic E-state index is 12.8. The molecule has 0 saturated carbocycles. The van der Waals surface area contributed by atoms with E-state index in [1.807, 2.05) is 29.2 Å². The minimum atomic E-state index is 0.167. The number of carbonyl (C=O) groups excluding carboxylic acids is 1. The molecule has 0 radical (unpaired) electrons. The number of nitrogens with zero attached hydrogens (tertiary/aromatic N) is 2. The summed E-state index contributed by atoms with van der Waals surface area (Å²) in [5.74, 6) is 1.55. The molecule has 1 aliphatic rings. The summed E-state index contributed by atoms with van der Waals surface area (Å²) in [6, 6.07) is 7.71. The molecule has 3 rings (SSSR count). The van der Waals surface area contributed by atoms with E-state index in [-0.39, 0.29) is 5.91 Å². The van der Waals surface area contributed by atoms with Gasteiger partial charge in [0.1, 0.15) is 0 Å². The summed E-state index contributed by atoms with van der Waals surface area (Å²) >= 11 is 12.2. The van der Waals surface area contributed by atoms with Gasteiger partial charge in [0.25, 0.3) is 0 Å². The minimum absolute atomic E-state index is 0.167. The van der Waals surface area contributed by atoms with Gasteiger partial charge in [0.2, 0.25) is 5.91 Å². The second-order valence-corrected chi connectivity index (χ2v) is 9.33. The van der Waals surface area contributed by atoms with Crippen molar-refractivity contribution in [1.82, 2.24) is 9.80 Å². The van der Waals surface area contributed by atoms with Crippen molar-refractivity contribution >= 4 is 34.8 Å². The largest absolute Gasteiger partial charge is 0.493 e. The van der Waals surface area contributed by atoms with Crippen molar-refractivity contribution in [1.29, 1.82) is 0 Å². The summed E-state index contributed by atoms with van der Waals surface area (Å²) in [6.07, 6.45) is 4.04. The number of hydrogen-bond donors (Lipinski definition) is 1. The molecule has 0 aromatic heterocycles. The number of carbonyl (C=O) groups is 1. The van der Waals surface area contributed by atoms with Gasteiger partial charge in [-0.1, -0.05) is 23.2 Å². The van der Waals surface area contributed by atoms with Crippen molar-refractivity contribution in [2.45, 2.75) is 32.1 Å². The van der Waals surface area contributed by atoms with Crippen LogP contribution < -0.4 is 15.2 Å². The van der Waals surface area contributed by atoms with Crippen molar-refractivity contribution in [2.75, 3.05) is 53.2 Å². The van der Waals surface area contributed by atoms with Gasteiger partial charge < -0.3 is 25.0 Å². The summed E-state index contributed by atoms with van der Waals surface area (Å²) < 4.78 is 10.8. The van der Waals surface area contributed by atoms with Gasteiger partial charge in [-0.3, -0.25) is 4.79 Å². The van der Waals surface area contributed by atoms with Gasteiger partial charge in [-0.05, 0) is 86.8 Å². The topological polar surface area (TPSA) is 68.0 Å². The van der Waals surface area contributed by atoms with Crippen LogP contribution in [-0.2, 0) is 24.1 Å². The first-order chi connectivity index (χ1) is 15.8. The fraction of sp³-hybridized carbons (Fsp3) is 0.480. The van der Waals surface area contributed by atoms with Crippen LogP contribution in [0.4, 0.5) is 5.69 Å². The number of halogens is 2. The van der Waals surface area contributed by atoms with E-state index in [1.165, 1.54) is 0 Å². The highest BCUT2D eigenvalue weighted by Crippen LogP contribution is 2.32. The minimum Gasteiger partial charge on any atom is -0.493 e. The first-order valence-corrected chi connectivity index (χ1v) is 12.0. The zero-order chi connectivity index (χ0) is 24.0. The van der Waals surface area contributed by atoms with Crippen LogP contribution in [0, 0.1) is 0 Å². The molecule has 0 aliphatic carbocycles. The zero-order valence-corrected chi connectivity index (χ0v) is 21.1. The SMILES string of the molecule is COc1cc2c(cc1OC)CC(=O)N(CCCN(C)CCCc1cc(Cl)c(N)c(Cl)c1)CC2. The highest BCUT2D eigenvalue weighted by Gasteiger charge is 2.22. The number of anilines is 1. The van der Waals surface area contributed by atoms with E-state index in [0.29, 0.717) is 33.7 Å². The van der Waals surface area contributed by atoms with Crippen LogP contribution >= 0.6 is 23.2 Å². The van der Waals surface area contributed by atoms with Crippen LogP contribution in [-0.4, -0.2) is 63.2 Å². The number of amides is 1. The number of nitrogens with two attached hydrogens (primary N) is 1. The molecular formula is C25H33Cl2N3O3. The van der Waals surface area contributed by atoms with Crippen LogP contribution in [0.3, 0.4) is 0 Å². The highest BCUT2D eigenvalue weighted by atomic mass is 35.5. The smallest absolute Gasteiger partial charge is 0.227 e. The Bertz CT molecular complexity index is 961. The molecule has 2 aromatic rings. The average molecular weight is 494 g/mol. The first kappa shape index (κ1) is 25.5. The van der Waals surface area contributed by atoms with Crippen molar-refractivity contribution in [3.8, 4) is 11.5 Å². The Kier molecular flexibility index (Phi) is 9.12. The molecule has 0 bridgehead atoms. The van der Waals surface area contributed by atoms with Crippen molar-refractivity contribution in [2.24, 2.45) is 0 Å². The number of methoxy groups -OCH3 is 2. The molecule has 6 nitrogen and oxygen atoms in total. The molecule has 0 atom stereocenters. The Morgan fingerprint density at radius 1 is 1.00 bits per heavy atom. The molecule has 0 fully saturated rings. The number of nitrogen functional groups attached to an aromatic ring is 1. The summed E-state index contributed by atoms with van der Waals surface area (Å²) in [4.78, 5) is 17.1. The Balaban J connectivity index is 1.44. The van der Waals surface area contributed by atoms with Gasteiger partial charge in [0.15, 0.2) is 11.5 Å². The summed E-state index contributed by atoms with van der Waals surface area (Å²) in [7, 11) is 5.36. The monoisotopic (exact) mass is 493 g/mol. The van der Waals surface area contributed by atoms with Crippen molar-refractivity contribution < 1.29 is 14.3 Å². The predicted molar refractivity (Wildman–Crippen MR) is 135 cm³/mol. The van der Waals surface area contributed by atoms with Gasteiger partial charge in [-0.25, -0.2) is 0 Å². The van der Waals surface area contributed by atoms with E-state index in [4.69, 9.17) is 38.4 Å². The maximum atomic E-state index is 12.8. The highest BCUT2D eigenvalue weighted by molar-refractivity contribution is 6.38. The average Bonchev–Trinajstić information content (AvgIpc) is 2.94. The fourth-order valence-electron chi connectivity index (χ4n) is 4.23. The normalized spacial score (nSPS) is 13.8. The summed E-state index contributed by atoms with van der Waals surface area (Å²) in [5, 5.41) is 1.01. The van der Waals surface area contributed by atoms with Crippen LogP contribution in [0.15, 0.2) is 24.3 Å². The van der Waals surface area contributed by atoms with E-state index in [1.54, 1.807) is 14.2 Å². The molecule has 33 heavy (non-hydrogen) atoms. The van der Waals surface area contributed by atoms with Crippen molar-refractivity contribution in [3.63, 3.8) is 0 Å². The molecule has 2 N–H and O–H groups in total. The molecule has 0 spiro atoms. The Morgan fingerprint density at radius 3 is 2.24 bits per heavy atom. The molecule has 180 valence electrons. The van der Waals surface area contributed by atoms with E-state index in [9.17, 15) is 4.79 Å². The molecule has 0 saturated heterocycles. The number of aryl methyl sites for hydroxylation is 1. The lowest BCUT2D eigenvalue weighted by molar-refractivity contribution is -0.130. The molecule has 8 heteroatoms. The first-order valence-electron chi connectivity index (χ1n) is 11.3. The molecule has 1 amide bonds. The zero-order valence-electron chi connectivity index (χ0n) is 19.6. The predicted octanol–water partition coefficient (Wildman–Crippen LogP) is 4.47. The number of rotatable bonds is 10. The number of ether oxygens (including phenoxy) is 2. The lowest BCUT2D eigenvalue weighted by Crippen LogP contribution is -2.35. The maximum Gasteiger partial charge on any atom is 0.227 e. The molecule has 1 aliphatic heterocycles. The second-order valence-electron chi connectivity index (χ2n) is 8.52. The van der Waals surface area contributed by atoms with Gasteiger partial charge in [-0.15, -0.1) is 0 Å². The second kappa shape index (κ2) is 11.8. The van der Waals surface area contributed by atoms with Crippen LogP contribution in [0.5, 0.6) is 11.5 Å². The number of fused-ring (bicyclic) bond motifs is 1. The van der Waals surface area contributed by atoms with Gasteiger partial charge >= 0.3 is 0 Å². The van der Waals surface area contributed by atoms with Gasteiger partial charge in [-0.2, -0.15) is 0 Å². The van der Waals surface area contributed by atoms with E-state index in [2.05, 4.69) is 11.9 Å². The third-order valence-corrected chi connectivity index (χ3v) is 6.79. The van der Waals surface area contributed by atoms with Crippen LogP contribution in [0.2, 0.25) is 10.0 Å². The third kappa shape index (κ3) is 6.69. The van der Waals surface area contributed by atoms with Gasteiger partial charge in [0, 0.05) is 13.1 Å². The lowest BCUT2D eigenvalue weighted by atomic mass is 10.0. The number of hydrogen-bond acceptors (Lipinski definition) is 5. The van der Waals surface area contributed by atoms with Gasteiger partial charge in [0.05, 0.1) is 36.4 Å². The van der Waals surface area contributed by atoms with Crippen LogP contribution in [0.1, 0.15) is 29.5 Å². The Hall–Kier alpha value is -2.15. The van der Waals surface area contributed by atoms with E-state index in [0.717, 1.165) is 68.6 Å². The van der Waals surface area contributed by atoms with E-state index < -0.39 is 0 Å². The Labute approximate surface area is 206 Å². The number of benzene rings is 2. The molecule has 0 unspecified atom stereocenters.